The van der Waals surface area contributed by atoms with Gasteiger partial charge in [-0.1, -0.05) is 43.9 Å². The number of methoxy groups -OCH3 is 1. The second-order valence-corrected chi connectivity index (χ2v) is 32.0. The number of hydrogen-bond donors (Lipinski definition) is 5. The first-order valence-corrected chi connectivity index (χ1v) is 34.6. The summed E-state index contributed by atoms with van der Waals surface area (Å²) in [6.45, 7) is 21.2. The molecule has 0 unspecified atom stereocenters. The van der Waals surface area contributed by atoms with Gasteiger partial charge >= 0.3 is 30.0 Å². The highest BCUT2D eigenvalue weighted by Gasteiger charge is 2.51. The van der Waals surface area contributed by atoms with Crippen LogP contribution in [-0.2, 0) is 47.8 Å². The van der Waals surface area contributed by atoms with Crippen molar-refractivity contribution in [1.82, 2.24) is 15.5 Å². The summed E-state index contributed by atoms with van der Waals surface area (Å²) in [5, 5.41) is 33.0. The monoisotopic (exact) mass is 1440 g/mol. The van der Waals surface area contributed by atoms with Gasteiger partial charge in [0.15, 0.2) is 64.0 Å². The third-order valence-corrected chi connectivity index (χ3v) is 16.6. The number of aliphatic imine (C=N–C) groups is 1. The number of carboxylic acid groups (broad SMARTS) is 2. The van der Waals surface area contributed by atoms with Gasteiger partial charge < -0.3 is 29.5 Å². The molecule has 1 amide bonds. The maximum absolute atomic E-state index is 13.7. The lowest BCUT2D eigenvalue weighted by Crippen LogP contribution is -2.44. The second-order valence-electron chi connectivity index (χ2n) is 26.4. The third kappa shape index (κ3) is 26.9. The van der Waals surface area contributed by atoms with Gasteiger partial charge in [0.25, 0.3) is 0 Å². The van der Waals surface area contributed by atoms with Crippen molar-refractivity contribution in [3.8, 4) is 0 Å². The first-order valence-electron chi connectivity index (χ1n) is 30.9. The molecule has 0 spiro atoms. The van der Waals surface area contributed by atoms with Gasteiger partial charge in [0.1, 0.15) is 35.6 Å². The number of nitrogens with zero attached hydrogens (tertiary/aromatic N) is 2. The van der Waals surface area contributed by atoms with Crippen molar-refractivity contribution in [1.29, 1.82) is 0 Å². The van der Waals surface area contributed by atoms with Crippen molar-refractivity contribution >= 4 is 67.9 Å². The van der Waals surface area contributed by atoms with E-state index in [1.807, 2.05) is 0 Å². The number of rotatable bonds is 15. The van der Waals surface area contributed by atoms with Gasteiger partial charge in [-0.3, -0.25) is 58.9 Å². The molecular weight excluding hydrogens is 1350 g/mol. The maximum atomic E-state index is 13.7. The number of aliphatic hydroxyl groups is 1. The van der Waals surface area contributed by atoms with E-state index in [4.69, 9.17) is 19.7 Å². The largest absolute Gasteiger partial charge is 0.481 e. The number of nitrogens with one attached hydrogen (secondary N) is 2. The molecule has 3 fully saturated rings. The fourth-order valence-electron chi connectivity index (χ4n) is 9.99. The summed E-state index contributed by atoms with van der Waals surface area (Å²) in [5.74, 6) is -16.6. The quantitative estimate of drug-likeness (QED) is 0.0163. The standard InChI is InChI=1S/C18H21F2NO5.C17H21F2NO3.C13H13F2NO3.C10H9F2NO2.C7H4F2O.C5H14OSi/c1-9(22)14-8-11(16(23)24)15(10-5-6-12(19)13(20)7-10)21(14)17(25)26-18(2,3)4;1-9(21)14-8-11(16(22)23-17(2,3)4)15(20-14)10-5-6-12(18)13(19)7-10;1-6(17)11-5-8(13(18)19)12(16-11)7-2-3-9(14)10(15)4-7;1-15-10(14)6-13-5-7-2-3-8(11)9(12)4-7;8-6-2-1-5(4-10)3-7(6)9;1-7(2,3)5-4-6/h5-7,11,14-15H,8H2,1-4H3,(H,23,24);5-7,11,14-15,20H,8H2,1-4H3;2-4,8,11-12,16H,5H2,1H3,(H,18,19);2-5H,6H2,1H3;1-4H;6H,4-5H2,1-3H3/t2*11-,14+,15+;8-,11+,12+;;;/m111.../s1. The Morgan fingerprint density at radius 2 is 0.930 bits per heavy atom. The number of benzene rings is 5. The topological polar surface area (TPSA) is 282 Å². The number of carbonyl (C=O) groups excluding carboxylic acids is 7. The molecule has 3 aliphatic rings. The van der Waals surface area contributed by atoms with Crippen LogP contribution in [0.5, 0.6) is 0 Å². The Bertz CT molecular complexity index is 3750. The van der Waals surface area contributed by atoms with Crippen LogP contribution >= 0.6 is 0 Å². The molecule has 0 radical (unpaired) electrons. The normalized spacial score (nSPS) is 20.0. The molecule has 19 nitrogen and oxygen atoms in total. The highest BCUT2D eigenvalue weighted by molar-refractivity contribution is 6.76. The number of likely N-dealkylation sites (tertiary alicyclic amines) is 1. The van der Waals surface area contributed by atoms with E-state index < -0.39 is 167 Å². The number of hydrogen-bond acceptors (Lipinski definition) is 16. The molecule has 30 heteroatoms. The Kier molecular flexibility index (Phi) is 32.4. The molecule has 0 saturated carbocycles. The lowest BCUT2D eigenvalue weighted by Gasteiger charge is -2.32. The first-order chi connectivity index (χ1) is 46.3. The van der Waals surface area contributed by atoms with Crippen LogP contribution in [0, 0.1) is 75.9 Å². The van der Waals surface area contributed by atoms with Gasteiger partial charge in [0, 0.05) is 38.5 Å². The number of halogens is 10. The smallest absolute Gasteiger partial charge is 0.411 e. The number of carboxylic acids is 2. The minimum Gasteiger partial charge on any atom is -0.481 e. The number of ether oxygens (including phenoxy) is 3. The van der Waals surface area contributed by atoms with E-state index in [9.17, 15) is 92.2 Å². The summed E-state index contributed by atoms with van der Waals surface area (Å²) < 4.78 is 144. The molecule has 3 saturated heterocycles. The SMILES string of the molecule is CC(=O)[C@@H]1C[C@@H](C(=O)O)[C@H](c2ccc(F)c(F)c2)N1.CC(=O)[C@@H]1C[C@@H](C(=O)O)[C@H](c2ccc(F)c(F)c2)N1C(=O)OC(C)(C)C.CC(=O)[C@@H]1C[C@@H](C(=O)OC(C)(C)C)[C@H](c2ccc(F)c(F)c2)N1.COC(=O)CN=Cc1ccc(F)c(F)c1.C[Si](C)(C)CCO.O=Cc1ccc(F)c(F)c1. The van der Waals surface area contributed by atoms with Crippen LogP contribution < -0.4 is 10.6 Å². The molecule has 3 heterocycles. The molecule has 0 aromatic heterocycles. The molecule has 5 aromatic rings. The zero-order valence-corrected chi connectivity index (χ0v) is 58.2. The Morgan fingerprint density at radius 3 is 1.29 bits per heavy atom. The molecule has 0 aliphatic carbocycles. The van der Waals surface area contributed by atoms with E-state index in [1.54, 1.807) is 41.5 Å². The van der Waals surface area contributed by atoms with Crippen LogP contribution in [0.4, 0.5) is 48.7 Å². The molecule has 5 aromatic carbocycles. The molecule has 9 atom stereocenters. The maximum Gasteiger partial charge on any atom is 0.411 e. The van der Waals surface area contributed by atoms with Crippen LogP contribution in [0.3, 0.4) is 0 Å². The van der Waals surface area contributed by atoms with Gasteiger partial charge in [0.2, 0.25) is 0 Å². The van der Waals surface area contributed by atoms with Crippen molar-refractivity contribution in [3.05, 3.63) is 177 Å². The van der Waals surface area contributed by atoms with Crippen LogP contribution in [0.25, 0.3) is 0 Å². The van der Waals surface area contributed by atoms with Crippen LogP contribution in [0.1, 0.15) is 132 Å². The first kappa shape index (κ1) is 85.2. The van der Waals surface area contributed by atoms with Crippen molar-refractivity contribution in [2.24, 2.45) is 22.7 Å². The number of aldehydes is 1. The lowest BCUT2D eigenvalue weighted by atomic mass is 9.92. The number of Topliss-reactive ketones (excluding diaryl/α,β-unsaturated/α-hetero) is 3. The Labute approximate surface area is 572 Å². The predicted molar refractivity (Wildman–Crippen MR) is 348 cm³/mol. The van der Waals surface area contributed by atoms with Gasteiger partial charge in [-0.05, 0) is 177 Å². The molecule has 8 rings (SSSR count). The number of amides is 1. The minimum atomic E-state index is -1.24. The van der Waals surface area contributed by atoms with E-state index in [0.717, 1.165) is 71.6 Å². The number of esters is 2. The molecule has 100 heavy (non-hydrogen) atoms. The second kappa shape index (κ2) is 38.0. The molecule has 0 bridgehead atoms. The third-order valence-electron chi connectivity index (χ3n) is 14.9. The minimum absolute atomic E-state index is 0.0888. The van der Waals surface area contributed by atoms with E-state index in [2.05, 4.69) is 40.0 Å². The summed E-state index contributed by atoms with van der Waals surface area (Å²) in [5.41, 5.74) is -0.177. The van der Waals surface area contributed by atoms with Gasteiger partial charge in [-0.15, -0.1) is 0 Å². The molecular formula is C70H82F10N4O15Si. The number of ketones is 3. The van der Waals surface area contributed by atoms with Crippen molar-refractivity contribution in [3.63, 3.8) is 0 Å². The average molecular weight is 1440 g/mol. The van der Waals surface area contributed by atoms with Crippen LogP contribution in [-0.4, -0.2) is 138 Å². The number of aliphatic hydroxyl groups excluding tert-OH is 1. The van der Waals surface area contributed by atoms with E-state index in [1.165, 1.54) is 64.4 Å². The van der Waals surface area contributed by atoms with Gasteiger partial charge in [-0.25, -0.2) is 48.7 Å². The number of aliphatic carboxylic acids is 2. The highest BCUT2D eigenvalue weighted by atomic mass is 28.3. The number of carbonyl (C=O) groups is 9. The van der Waals surface area contributed by atoms with Crippen molar-refractivity contribution in [2.75, 3.05) is 20.3 Å². The van der Waals surface area contributed by atoms with Crippen molar-refractivity contribution < 1.29 is 117 Å². The van der Waals surface area contributed by atoms with E-state index >= 15 is 0 Å². The van der Waals surface area contributed by atoms with Crippen LogP contribution in [0.2, 0.25) is 25.7 Å². The zero-order valence-electron chi connectivity index (χ0n) is 57.2. The summed E-state index contributed by atoms with van der Waals surface area (Å²) in [6.07, 6.45) is 1.15. The Balaban J connectivity index is 0.000000325. The average Bonchev–Trinajstić information content (AvgIpc) is 1.61. The Hall–Kier alpha value is -9.00. The van der Waals surface area contributed by atoms with Gasteiger partial charge in [0.05, 0.1) is 49.0 Å². The lowest BCUT2D eigenvalue weighted by molar-refractivity contribution is -0.160. The van der Waals surface area contributed by atoms with Crippen molar-refractivity contribution in [2.45, 2.75) is 155 Å². The van der Waals surface area contributed by atoms with E-state index in [0.29, 0.717) is 29.6 Å². The van der Waals surface area contributed by atoms with Crippen LogP contribution in [0.15, 0.2) is 96.0 Å². The summed E-state index contributed by atoms with van der Waals surface area (Å²) in [4.78, 5) is 108. The zero-order chi connectivity index (χ0) is 76.1. The molecule has 5 N–H and O–H groups in total. The summed E-state index contributed by atoms with van der Waals surface area (Å²) >= 11 is 0. The predicted octanol–water partition coefficient (Wildman–Crippen LogP) is 12.5. The molecule has 546 valence electrons. The fourth-order valence-corrected chi connectivity index (χ4v) is 10.7. The highest BCUT2D eigenvalue weighted by Crippen LogP contribution is 2.43. The summed E-state index contributed by atoms with van der Waals surface area (Å²) in [7, 11) is 0.338. The molecule has 3 aliphatic heterocycles. The summed E-state index contributed by atoms with van der Waals surface area (Å²) in [6, 6.07) is 12.5. The fraction of sp³-hybridized carbons (Fsp3) is 0.429. The Morgan fingerprint density at radius 1 is 0.540 bits per heavy atom. The van der Waals surface area contributed by atoms with Gasteiger partial charge in [-0.2, -0.15) is 0 Å². The van der Waals surface area contributed by atoms with E-state index in [-0.39, 0.29) is 48.5 Å².